The molecule has 0 aliphatic carbocycles. The van der Waals surface area contributed by atoms with Crippen LogP contribution in [0.5, 0.6) is 0 Å². The summed E-state index contributed by atoms with van der Waals surface area (Å²) >= 11 is 5.49. The van der Waals surface area contributed by atoms with E-state index in [0.29, 0.717) is 25.1 Å². The van der Waals surface area contributed by atoms with E-state index in [0.717, 1.165) is 12.1 Å². The van der Waals surface area contributed by atoms with Gasteiger partial charge in [0, 0.05) is 11.4 Å². The molecule has 6 heteroatoms. The Morgan fingerprint density at radius 2 is 1.94 bits per heavy atom. The first-order chi connectivity index (χ1) is 8.61. The predicted octanol–water partition coefficient (Wildman–Crippen LogP) is 3.73. The Morgan fingerprint density at radius 1 is 1.22 bits per heavy atom. The van der Waals surface area contributed by atoms with Gasteiger partial charge in [-0.15, -0.1) is 11.6 Å². The zero-order valence-electron chi connectivity index (χ0n) is 9.47. The van der Waals surface area contributed by atoms with Gasteiger partial charge in [0.2, 0.25) is 0 Å². The maximum atomic E-state index is 13.5. The highest BCUT2D eigenvalue weighted by molar-refractivity contribution is 6.17. The monoisotopic (exact) mass is 280 g/mol. The van der Waals surface area contributed by atoms with Gasteiger partial charge in [0.25, 0.3) is 6.47 Å². The third-order valence-corrected chi connectivity index (χ3v) is 2.75. The Bertz CT molecular complexity index is 413. The lowest BCUT2D eigenvalue weighted by molar-refractivity contribution is -0.134. The van der Waals surface area contributed by atoms with E-state index in [-0.39, 0.29) is 12.0 Å². The van der Waals surface area contributed by atoms with Crippen LogP contribution in [0.1, 0.15) is 30.9 Å². The van der Waals surface area contributed by atoms with E-state index in [1.165, 1.54) is 0 Å². The summed E-state index contributed by atoms with van der Waals surface area (Å²) in [6.07, 6.45) is 0.611. The molecule has 0 N–H and O–H groups in total. The van der Waals surface area contributed by atoms with Crippen molar-refractivity contribution in [3.63, 3.8) is 0 Å². The van der Waals surface area contributed by atoms with Gasteiger partial charge in [0.15, 0.2) is 17.5 Å². The fourth-order valence-electron chi connectivity index (χ4n) is 1.58. The Labute approximate surface area is 108 Å². The molecule has 0 bridgehead atoms. The van der Waals surface area contributed by atoms with Gasteiger partial charge in [-0.3, -0.25) is 4.79 Å². The number of hydrogen-bond acceptors (Lipinski definition) is 2. The Morgan fingerprint density at radius 3 is 2.56 bits per heavy atom. The van der Waals surface area contributed by atoms with Crippen molar-refractivity contribution >= 4 is 18.1 Å². The van der Waals surface area contributed by atoms with E-state index in [4.69, 9.17) is 16.3 Å². The number of carbonyl (C=O) groups excluding carboxylic acids is 1. The SMILES string of the molecule is O=COC(CCCCCl)c1ccc(F)c(F)c1F. The van der Waals surface area contributed by atoms with Crippen LogP contribution in [0.25, 0.3) is 0 Å². The summed E-state index contributed by atoms with van der Waals surface area (Å²) in [7, 11) is 0. The fourth-order valence-corrected chi connectivity index (χ4v) is 1.77. The highest BCUT2D eigenvalue weighted by atomic mass is 35.5. The number of rotatable bonds is 7. The van der Waals surface area contributed by atoms with E-state index in [9.17, 15) is 18.0 Å². The van der Waals surface area contributed by atoms with Gasteiger partial charge >= 0.3 is 0 Å². The van der Waals surface area contributed by atoms with Crippen molar-refractivity contribution < 1.29 is 22.7 Å². The molecule has 0 radical (unpaired) electrons. The summed E-state index contributed by atoms with van der Waals surface area (Å²) < 4.78 is 44.0. The standard InChI is InChI=1S/C12H12ClF3O2/c13-6-2-1-3-10(18-7-17)8-4-5-9(14)12(16)11(8)15/h4-5,7,10H,1-3,6H2. The number of halogens is 4. The summed E-state index contributed by atoms with van der Waals surface area (Å²) in [5.41, 5.74) is -0.171. The zero-order chi connectivity index (χ0) is 13.5. The Hall–Kier alpha value is -1.23. The van der Waals surface area contributed by atoms with E-state index in [1.807, 2.05) is 0 Å². The lowest BCUT2D eigenvalue weighted by Crippen LogP contribution is -2.08. The average molecular weight is 281 g/mol. The van der Waals surface area contributed by atoms with Crippen LogP contribution < -0.4 is 0 Å². The van der Waals surface area contributed by atoms with Crippen molar-refractivity contribution in [3.8, 4) is 0 Å². The molecule has 0 saturated heterocycles. The van der Waals surface area contributed by atoms with Gasteiger partial charge in [0.05, 0.1) is 0 Å². The summed E-state index contributed by atoms with van der Waals surface area (Å²) in [4.78, 5) is 10.3. The molecule has 1 aromatic carbocycles. The second-order valence-corrected chi connectivity index (χ2v) is 4.05. The summed E-state index contributed by atoms with van der Waals surface area (Å²) in [6.45, 7) is 0.159. The van der Waals surface area contributed by atoms with Gasteiger partial charge in [0.1, 0.15) is 6.10 Å². The molecule has 1 atom stereocenters. The van der Waals surface area contributed by atoms with E-state index in [2.05, 4.69) is 0 Å². The molecule has 100 valence electrons. The first kappa shape index (κ1) is 14.8. The molecule has 1 aromatic rings. The smallest absolute Gasteiger partial charge is 0.293 e. The molecular weight excluding hydrogens is 269 g/mol. The first-order valence-electron chi connectivity index (χ1n) is 5.40. The Kier molecular flexibility index (Phi) is 5.98. The van der Waals surface area contributed by atoms with Crippen LogP contribution >= 0.6 is 11.6 Å². The van der Waals surface area contributed by atoms with Crippen molar-refractivity contribution in [1.82, 2.24) is 0 Å². The summed E-state index contributed by atoms with van der Waals surface area (Å²) in [5.74, 6) is -3.74. The molecule has 0 spiro atoms. The molecule has 0 aromatic heterocycles. The molecule has 1 unspecified atom stereocenters. The van der Waals surface area contributed by atoms with Crippen LogP contribution in [0, 0.1) is 17.5 Å². The van der Waals surface area contributed by atoms with E-state index in [1.54, 1.807) is 0 Å². The highest BCUT2D eigenvalue weighted by Crippen LogP contribution is 2.27. The zero-order valence-corrected chi connectivity index (χ0v) is 10.2. The molecule has 0 aliphatic heterocycles. The third kappa shape index (κ3) is 3.63. The van der Waals surface area contributed by atoms with Crippen molar-refractivity contribution in [2.45, 2.75) is 25.4 Å². The van der Waals surface area contributed by atoms with Crippen molar-refractivity contribution in [1.29, 1.82) is 0 Å². The van der Waals surface area contributed by atoms with E-state index >= 15 is 0 Å². The first-order valence-corrected chi connectivity index (χ1v) is 5.93. The number of alkyl halides is 1. The second-order valence-electron chi connectivity index (χ2n) is 3.67. The van der Waals surface area contributed by atoms with Crippen LogP contribution in [0.3, 0.4) is 0 Å². The largest absolute Gasteiger partial charge is 0.460 e. The molecule has 0 amide bonds. The van der Waals surface area contributed by atoms with Gasteiger partial charge < -0.3 is 4.74 Å². The molecule has 0 fully saturated rings. The van der Waals surface area contributed by atoms with Gasteiger partial charge in [-0.2, -0.15) is 0 Å². The maximum absolute atomic E-state index is 13.5. The average Bonchev–Trinajstić information content (AvgIpc) is 2.36. The van der Waals surface area contributed by atoms with Gasteiger partial charge in [-0.25, -0.2) is 13.2 Å². The molecule has 18 heavy (non-hydrogen) atoms. The van der Waals surface area contributed by atoms with Crippen LogP contribution in [0.4, 0.5) is 13.2 Å². The minimum absolute atomic E-state index is 0.159. The minimum atomic E-state index is -1.57. The number of benzene rings is 1. The van der Waals surface area contributed by atoms with Crippen LogP contribution in [0.2, 0.25) is 0 Å². The fraction of sp³-hybridized carbons (Fsp3) is 0.417. The van der Waals surface area contributed by atoms with Crippen molar-refractivity contribution in [2.24, 2.45) is 0 Å². The summed E-state index contributed by atoms with van der Waals surface area (Å²) in [5, 5.41) is 0. The predicted molar refractivity (Wildman–Crippen MR) is 60.8 cm³/mol. The van der Waals surface area contributed by atoms with E-state index < -0.39 is 23.6 Å². The van der Waals surface area contributed by atoms with Crippen molar-refractivity contribution in [2.75, 3.05) is 5.88 Å². The number of hydrogen-bond donors (Lipinski definition) is 0. The second kappa shape index (κ2) is 7.26. The number of ether oxygens (including phenoxy) is 1. The Balaban J connectivity index is 2.91. The quantitative estimate of drug-likeness (QED) is 0.329. The lowest BCUT2D eigenvalue weighted by atomic mass is 10.0. The van der Waals surface area contributed by atoms with Crippen LogP contribution in [-0.4, -0.2) is 12.4 Å². The third-order valence-electron chi connectivity index (χ3n) is 2.48. The topological polar surface area (TPSA) is 26.3 Å². The molecule has 0 heterocycles. The van der Waals surface area contributed by atoms with Crippen molar-refractivity contribution in [3.05, 3.63) is 35.1 Å². The van der Waals surface area contributed by atoms with Crippen LogP contribution in [0.15, 0.2) is 12.1 Å². The molecule has 1 rings (SSSR count). The summed E-state index contributed by atoms with van der Waals surface area (Å²) in [6, 6.07) is 1.87. The molecule has 0 saturated carbocycles. The van der Waals surface area contributed by atoms with Crippen LogP contribution in [-0.2, 0) is 9.53 Å². The minimum Gasteiger partial charge on any atom is -0.460 e. The lowest BCUT2D eigenvalue weighted by Gasteiger charge is -2.16. The molecule has 0 aliphatic rings. The molecular formula is C12H12ClF3O2. The number of carbonyl (C=O) groups is 1. The highest BCUT2D eigenvalue weighted by Gasteiger charge is 2.21. The van der Waals surface area contributed by atoms with Gasteiger partial charge in [-0.05, 0) is 31.4 Å². The van der Waals surface area contributed by atoms with Gasteiger partial charge in [-0.1, -0.05) is 0 Å². The normalized spacial score (nSPS) is 12.2. The maximum Gasteiger partial charge on any atom is 0.293 e. The molecule has 2 nitrogen and oxygen atoms in total. The number of unbranched alkanes of at least 4 members (excludes halogenated alkanes) is 1.